The van der Waals surface area contributed by atoms with Crippen molar-refractivity contribution in [2.45, 2.75) is 38.6 Å². The molecule has 1 aliphatic carbocycles. The third kappa shape index (κ3) is 2.34. The van der Waals surface area contributed by atoms with E-state index in [9.17, 15) is 13.2 Å². The minimum Gasteiger partial charge on any atom is -0.390 e. The maximum Gasteiger partial charge on any atom is 0.435 e. The summed E-state index contributed by atoms with van der Waals surface area (Å²) in [5.74, 6) is 0.530. The van der Waals surface area contributed by atoms with E-state index in [1.807, 2.05) is 0 Å². The van der Waals surface area contributed by atoms with E-state index < -0.39 is 24.2 Å². The molecule has 90 valence electrons. The fourth-order valence-corrected chi connectivity index (χ4v) is 1.63. The predicted octanol–water partition coefficient (Wildman–Crippen LogP) is 1.59. The molecule has 16 heavy (non-hydrogen) atoms. The molecule has 1 aromatic heterocycles. The highest BCUT2D eigenvalue weighted by Gasteiger charge is 2.39. The number of nitrogens with zero attached hydrogens (tertiary/aromatic N) is 3. The Labute approximate surface area is 90.1 Å². The van der Waals surface area contributed by atoms with Gasteiger partial charge in [0.1, 0.15) is 5.69 Å². The number of hydrogen-bond donors (Lipinski definition) is 1. The van der Waals surface area contributed by atoms with Gasteiger partial charge in [0.05, 0.1) is 6.61 Å². The van der Waals surface area contributed by atoms with Gasteiger partial charge in [0.25, 0.3) is 0 Å². The van der Waals surface area contributed by atoms with Crippen molar-refractivity contribution in [3.8, 4) is 0 Å². The van der Waals surface area contributed by atoms with Crippen LogP contribution in [0.2, 0.25) is 0 Å². The van der Waals surface area contributed by atoms with Gasteiger partial charge in [-0.25, -0.2) is 4.68 Å². The summed E-state index contributed by atoms with van der Waals surface area (Å²) >= 11 is 0. The van der Waals surface area contributed by atoms with Crippen LogP contribution in [0.3, 0.4) is 0 Å². The largest absolute Gasteiger partial charge is 0.435 e. The van der Waals surface area contributed by atoms with E-state index >= 15 is 0 Å². The molecule has 0 amide bonds. The van der Waals surface area contributed by atoms with E-state index in [1.165, 1.54) is 0 Å². The Morgan fingerprint density at radius 3 is 2.56 bits per heavy atom. The summed E-state index contributed by atoms with van der Waals surface area (Å²) in [6, 6.07) is 0. The van der Waals surface area contributed by atoms with Crippen LogP contribution in [0.4, 0.5) is 13.2 Å². The van der Waals surface area contributed by atoms with Crippen molar-refractivity contribution in [3.63, 3.8) is 0 Å². The molecule has 4 nitrogen and oxygen atoms in total. The molecule has 0 unspecified atom stereocenters. The first-order chi connectivity index (χ1) is 7.52. The zero-order chi connectivity index (χ0) is 11.8. The maximum atomic E-state index is 12.7. The first-order valence-corrected chi connectivity index (χ1v) is 5.12. The molecule has 0 aliphatic heterocycles. The van der Waals surface area contributed by atoms with Gasteiger partial charge in [-0.15, -0.1) is 5.10 Å². The van der Waals surface area contributed by atoms with Crippen LogP contribution < -0.4 is 0 Å². The van der Waals surface area contributed by atoms with E-state index in [0.29, 0.717) is 12.3 Å². The summed E-state index contributed by atoms with van der Waals surface area (Å²) < 4.78 is 38.8. The number of aromatic nitrogens is 3. The van der Waals surface area contributed by atoms with Crippen LogP contribution in [0.5, 0.6) is 0 Å². The van der Waals surface area contributed by atoms with Gasteiger partial charge in [0.2, 0.25) is 0 Å². The Balaban J connectivity index is 2.18. The lowest BCUT2D eigenvalue weighted by Crippen LogP contribution is -2.17. The molecule has 0 saturated heterocycles. The monoisotopic (exact) mass is 235 g/mol. The van der Waals surface area contributed by atoms with Crippen molar-refractivity contribution >= 4 is 0 Å². The second kappa shape index (κ2) is 4.04. The molecule has 2 rings (SSSR count). The SMILES string of the molecule is OCc1nnn(CCC2CC2)c1C(F)(F)F. The highest BCUT2D eigenvalue weighted by molar-refractivity contribution is 5.13. The predicted molar refractivity (Wildman–Crippen MR) is 48.3 cm³/mol. The smallest absolute Gasteiger partial charge is 0.390 e. The average molecular weight is 235 g/mol. The molecule has 0 spiro atoms. The second-order valence-corrected chi connectivity index (χ2v) is 4.00. The van der Waals surface area contributed by atoms with E-state index in [-0.39, 0.29) is 6.54 Å². The van der Waals surface area contributed by atoms with Crippen molar-refractivity contribution in [3.05, 3.63) is 11.4 Å². The van der Waals surface area contributed by atoms with Crippen LogP contribution in [-0.4, -0.2) is 20.1 Å². The molecule has 1 saturated carbocycles. The van der Waals surface area contributed by atoms with Gasteiger partial charge in [-0.05, 0) is 12.3 Å². The summed E-state index contributed by atoms with van der Waals surface area (Å²) in [4.78, 5) is 0. The van der Waals surface area contributed by atoms with Crippen LogP contribution >= 0.6 is 0 Å². The van der Waals surface area contributed by atoms with Crippen molar-refractivity contribution in [2.24, 2.45) is 5.92 Å². The number of rotatable bonds is 4. The number of alkyl halides is 3. The molecule has 0 atom stereocenters. The minimum atomic E-state index is -4.51. The quantitative estimate of drug-likeness (QED) is 0.862. The summed E-state index contributed by atoms with van der Waals surface area (Å²) in [6.45, 7) is -0.523. The molecular formula is C9H12F3N3O. The first-order valence-electron chi connectivity index (χ1n) is 5.12. The molecule has 1 aromatic rings. The Bertz CT molecular complexity index is 371. The summed E-state index contributed by atoms with van der Waals surface area (Å²) in [6.07, 6.45) is -1.64. The first kappa shape index (κ1) is 11.4. The molecule has 0 radical (unpaired) electrons. The average Bonchev–Trinajstić information content (AvgIpc) is 2.92. The van der Waals surface area contributed by atoms with Gasteiger partial charge < -0.3 is 5.11 Å². The number of aryl methyl sites for hydroxylation is 1. The normalized spacial score (nSPS) is 16.8. The molecule has 0 bridgehead atoms. The zero-order valence-electron chi connectivity index (χ0n) is 8.54. The second-order valence-electron chi connectivity index (χ2n) is 4.00. The van der Waals surface area contributed by atoms with Crippen LogP contribution in [0.25, 0.3) is 0 Å². The van der Waals surface area contributed by atoms with Gasteiger partial charge in [0, 0.05) is 6.54 Å². The van der Waals surface area contributed by atoms with Crippen LogP contribution in [-0.2, 0) is 19.3 Å². The molecule has 0 aromatic carbocycles. The molecule has 1 heterocycles. The highest BCUT2D eigenvalue weighted by Crippen LogP contribution is 2.35. The van der Waals surface area contributed by atoms with Crippen LogP contribution in [0.1, 0.15) is 30.7 Å². The lowest BCUT2D eigenvalue weighted by atomic mass is 10.2. The van der Waals surface area contributed by atoms with Crippen LogP contribution in [0.15, 0.2) is 0 Å². The molecule has 1 aliphatic rings. The van der Waals surface area contributed by atoms with Crippen LogP contribution in [0, 0.1) is 5.92 Å². The Morgan fingerprint density at radius 2 is 2.06 bits per heavy atom. The summed E-state index contributed by atoms with van der Waals surface area (Å²) in [7, 11) is 0. The van der Waals surface area contributed by atoms with Gasteiger partial charge in [-0.2, -0.15) is 13.2 Å². The third-order valence-electron chi connectivity index (χ3n) is 2.67. The zero-order valence-corrected chi connectivity index (χ0v) is 8.54. The molecule has 1 N–H and O–H groups in total. The number of hydrogen-bond acceptors (Lipinski definition) is 3. The van der Waals surface area contributed by atoms with E-state index in [1.54, 1.807) is 0 Å². The standard InChI is InChI=1S/C9H12F3N3O/c10-9(11,12)8-7(5-16)13-14-15(8)4-3-6-1-2-6/h6,16H,1-5H2. The van der Waals surface area contributed by atoms with Crippen molar-refractivity contribution < 1.29 is 18.3 Å². The lowest BCUT2D eigenvalue weighted by Gasteiger charge is -2.10. The Kier molecular flexibility index (Phi) is 2.88. The van der Waals surface area contributed by atoms with E-state index in [4.69, 9.17) is 5.11 Å². The van der Waals surface area contributed by atoms with E-state index in [0.717, 1.165) is 17.5 Å². The Hall–Kier alpha value is -1.11. The molecular weight excluding hydrogens is 223 g/mol. The lowest BCUT2D eigenvalue weighted by molar-refractivity contribution is -0.145. The Morgan fingerprint density at radius 1 is 1.38 bits per heavy atom. The van der Waals surface area contributed by atoms with Crippen molar-refractivity contribution in [1.82, 2.24) is 15.0 Å². The molecule has 7 heteroatoms. The number of aliphatic hydroxyl groups is 1. The van der Waals surface area contributed by atoms with Gasteiger partial charge >= 0.3 is 6.18 Å². The fraction of sp³-hybridized carbons (Fsp3) is 0.778. The van der Waals surface area contributed by atoms with Gasteiger partial charge in [-0.1, -0.05) is 18.1 Å². The minimum absolute atomic E-state index is 0.215. The summed E-state index contributed by atoms with van der Waals surface area (Å²) in [5.41, 5.74) is -1.32. The topological polar surface area (TPSA) is 50.9 Å². The summed E-state index contributed by atoms with van der Waals surface area (Å²) in [5, 5.41) is 15.6. The van der Waals surface area contributed by atoms with Gasteiger partial charge in [0.15, 0.2) is 5.69 Å². The van der Waals surface area contributed by atoms with Gasteiger partial charge in [-0.3, -0.25) is 0 Å². The fourth-order valence-electron chi connectivity index (χ4n) is 1.63. The molecule has 1 fully saturated rings. The van der Waals surface area contributed by atoms with Crippen molar-refractivity contribution in [2.75, 3.05) is 0 Å². The number of halogens is 3. The maximum absolute atomic E-state index is 12.7. The highest BCUT2D eigenvalue weighted by atomic mass is 19.4. The number of aliphatic hydroxyl groups excluding tert-OH is 1. The van der Waals surface area contributed by atoms with E-state index in [2.05, 4.69) is 10.3 Å². The third-order valence-corrected chi connectivity index (χ3v) is 2.67. The van der Waals surface area contributed by atoms with Crippen molar-refractivity contribution in [1.29, 1.82) is 0 Å².